The molecule has 0 saturated carbocycles. The SMILES string of the molecule is COC(=O)CC(C)c1ccc(N)c(C(=O)OC(C)C)c1. The zero-order chi connectivity index (χ0) is 15.3. The molecule has 1 unspecified atom stereocenters. The van der Waals surface area contributed by atoms with Crippen LogP contribution in [-0.4, -0.2) is 25.2 Å². The van der Waals surface area contributed by atoms with Gasteiger partial charge in [-0.1, -0.05) is 13.0 Å². The van der Waals surface area contributed by atoms with Gasteiger partial charge in [-0.05, 0) is 37.5 Å². The average molecular weight is 279 g/mol. The molecule has 0 aliphatic rings. The van der Waals surface area contributed by atoms with Gasteiger partial charge in [-0.25, -0.2) is 4.79 Å². The van der Waals surface area contributed by atoms with Crippen LogP contribution in [0.15, 0.2) is 18.2 Å². The van der Waals surface area contributed by atoms with Crippen LogP contribution in [0, 0.1) is 0 Å². The van der Waals surface area contributed by atoms with Crippen molar-refractivity contribution in [2.24, 2.45) is 0 Å². The Hall–Kier alpha value is -2.04. The first-order valence-electron chi connectivity index (χ1n) is 6.52. The van der Waals surface area contributed by atoms with Crippen molar-refractivity contribution in [3.8, 4) is 0 Å². The van der Waals surface area contributed by atoms with Crippen LogP contribution in [0.2, 0.25) is 0 Å². The number of rotatable bonds is 5. The number of benzene rings is 1. The highest BCUT2D eigenvalue weighted by Gasteiger charge is 2.17. The second-order valence-corrected chi connectivity index (χ2v) is 4.98. The smallest absolute Gasteiger partial charge is 0.340 e. The summed E-state index contributed by atoms with van der Waals surface area (Å²) in [5, 5.41) is 0. The fourth-order valence-corrected chi connectivity index (χ4v) is 1.79. The summed E-state index contributed by atoms with van der Waals surface area (Å²) in [6.45, 7) is 5.44. The first-order valence-corrected chi connectivity index (χ1v) is 6.52. The lowest BCUT2D eigenvalue weighted by Gasteiger charge is -2.14. The summed E-state index contributed by atoms with van der Waals surface area (Å²) in [5.74, 6) is -0.807. The molecule has 1 aromatic carbocycles. The van der Waals surface area contributed by atoms with E-state index in [0.717, 1.165) is 5.56 Å². The van der Waals surface area contributed by atoms with Gasteiger partial charge in [0.25, 0.3) is 0 Å². The highest BCUT2D eigenvalue weighted by Crippen LogP contribution is 2.24. The lowest BCUT2D eigenvalue weighted by molar-refractivity contribution is -0.140. The maximum absolute atomic E-state index is 11.9. The molecule has 1 aromatic rings. The second-order valence-electron chi connectivity index (χ2n) is 4.98. The molecule has 0 radical (unpaired) electrons. The number of nitrogens with two attached hydrogens (primary N) is 1. The van der Waals surface area contributed by atoms with Gasteiger partial charge in [0.15, 0.2) is 0 Å². The molecule has 1 rings (SSSR count). The Morgan fingerprint density at radius 3 is 2.45 bits per heavy atom. The summed E-state index contributed by atoms with van der Waals surface area (Å²) in [7, 11) is 1.35. The highest BCUT2D eigenvalue weighted by atomic mass is 16.5. The number of esters is 2. The number of hydrogen-bond donors (Lipinski definition) is 1. The minimum absolute atomic E-state index is 0.0614. The first kappa shape index (κ1) is 16.0. The van der Waals surface area contributed by atoms with Gasteiger partial charge < -0.3 is 15.2 Å². The molecule has 2 N–H and O–H groups in total. The molecule has 110 valence electrons. The molecule has 20 heavy (non-hydrogen) atoms. The van der Waals surface area contributed by atoms with E-state index in [2.05, 4.69) is 4.74 Å². The Kier molecular flexibility index (Phi) is 5.55. The summed E-state index contributed by atoms with van der Waals surface area (Å²) in [4.78, 5) is 23.2. The normalized spacial score (nSPS) is 12.1. The Bertz CT molecular complexity index is 497. The lowest BCUT2D eigenvalue weighted by Crippen LogP contribution is -2.14. The monoisotopic (exact) mass is 279 g/mol. The Labute approximate surface area is 119 Å². The third-order valence-corrected chi connectivity index (χ3v) is 2.91. The topological polar surface area (TPSA) is 78.6 Å². The zero-order valence-corrected chi connectivity index (χ0v) is 12.3. The zero-order valence-electron chi connectivity index (χ0n) is 12.3. The summed E-state index contributed by atoms with van der Waals surface area (Å²) in [6, 6.07) is 5.13. The third kappa shape index (κ3) is 4.26. The van der Waals surface area contributed by atoms with Crippen molar-refractivity contribution in [3.05, 3.63) is 29.3 Å². The molecule has 0 aromatic heterocycles. The van der Waals surface area contributed by atoms with Crippen LogP contribution in [0.25, 0.3) is 0 Å². The average Bonchev–Trinajstić information content (AvgIpc) is 2.37. The summed E-state index contributed by atoms with van der Waals surface area (Å²) < 4.78 is 9.78. The standard InChI is InChI=1S/C15H21NO4/c1-9(2)20-15(18)12-8-11(5-6-13(12)16)10(3)7-14(17)19-4/h5-6,8-10H,7,16H2,1-4H3. The van der Waals surface area contributed by atoms with Crippen molar-refractivity contribution in [2.45, 2.75) is 39.2 Å². The Morgan fingerprint density at radius 2 is 1.90 bits per heavy atom. The van der Waals surface area contributed by atoms with Gasteiger partial charge in [0.1, 0.15) is 0 Å². The van der Waals surface area contributed by atoms with Crippen LogP contribution in [0.4, 0.5) is 5.69 Å². The largest absolute Gasteiger partial charge is 0.469 e. The van der Waals surface area contributed by atoms with Gasteiger partial charge in [0.2, 0.25) is 0 Å². The molecule has 0 bridgehead atoms. The van der Waals surface area contributed by atoms with Gasteiger partial charge >= 0.3 is 11.9 Å². The van der Waals surface area contributed by atoms with Crippen molar-refractivity contribution >= 4 is 17.6 Å². The van der Waals surface area contributed by atoms with E-state index in [1.54, 1.807) is 32.0 Å². The molecular weight excluding hydrogens is 258 g/mol. The lowest BCUT2D eigenvalue weighted by atomic mass is 9.95. The molecule has 0 heterocycles. The van der Waals surface area contributed by atoms with E-state index in [9.17, 15) is 9.59 Å². The van der Waals surface area contributed by atoms with Crippen LogP contribution in [-0.2, 0) is 14.3 Å². The van der Waals surface area contributed by atoms with E-state index in [1.807, 2.05) is 6.92 Å². The third-order valence-electron chi connectivity index (χ3n) is 2.91. The quantitative estimate of drug-likeness (QED) is 0.661. The molecule has 0 aliphatic carbocycles. The number of carbonyl (C=O) groups is 2. The van der Waals surface area contributed by atoms with Gasteiger partial charge in [-0.3, -0.25) is 4.79 Å². The molecule has 1 atom stereocenters. The number of methoxy groups -OCH3 is 1. The minimum atomic E-state index is -0.454. The predicted octanol–water partition coefficient (Wildman–Crippen LogP) is 2.50. The fourth-order valence-electron chi connectivity index (χ4n) is 1.79. The van der Waals surface area contributed by atoms with Crippen LogP contribution >= 0.6 is 0 Å². The summed E-state index contributed by atoms with van der Waals surface area (Å²) in [6.07, 6.45) is 0.0390. The van der Waals surface area contributed by atoms with Crippen molar-refractivity contribution < 1.29 is 19.1 Å². The fraction of sp³-hybridized carbons (Fsp3) is 0.467. The van der Waals surface area contributed by atoms with E-state index in [0.29, 0.717) is 11.3 Å². The second kappa shape index (κ2) is 6.93. The van der Waals surface area contributed by atoms with Crippen molar-refractivity contribution in [3.63, 3.8) is 0 Å². The first-order chi connectivity index (χ1) is 9.35. The van der Waals surface area contributed by atoms with Gasteiger partial charge in [0.05, 0.1) is 25.2 Å². The maximum Gasteiger partial charge on any atom is 0.340 e. The van der Waals surface area contributed by atoms with Crippen molar-refractivity contribution in [1.82, 2.24) is 0 Å². The van der Waals surface area contributed by atoms with Crippen LogP contribution in [0.1, 0.15) is 49.0 Å². The number of hydrogen-bond acceptors (Lipinski definition) is 5. The van der Waals surface area contributed by atoms with Crippen molar-refractivity contribution in [2.75, 3.05) is 12.8 Å². The van der Waals surface area contributed by atoms with E-state index in [1.165, 1.54) is 7.11 Å². The molecule has 0 saturated heterocycles. The summed E-state index contributed by atoms with van der Waals surface area (Å²) >= 11 is 0. The Morgan fingerprint density at radius 1 is 1.25 bits per heavy atom. The maximum atomic E-state index is 11.9. The van der Waals surface area contributed by atoms with Crippen LogP contribution < -0.4 is 5.73 Å². The van der Waals surface area contributed by atoms with E-state index in [4.69, 9.17) is 10.5 Å². The Balaban J connectivity index is 2.96. The molecule has 5 heteroatoms. The van der Waals surface area contributed by atoms with E-state index >= 15 is 0 Å². The van der Waals surface area contributed by atoms with Gasteiger partial charge in [-0.2, -0.15) is 0 Å². The molecule has 0 amide bonds. The number of anilines is 1. The number of carbonyl (C=O) groups excluding carboxylic acids is 2. The predicted molar refractivity (Wildman–Crippen MR) is 76.5 cm³/mol. The van der Waals surface area contributed by atoms with Crippen LogP contribution in [0.5, 0.6) is 0 Å². The molecule has 0 fully saturated rings. The van der Waals surface area contributed by atoms with Crippen molar-refractivity contribution in [1.29, 1.82) is 0 Å². The van der Waals surface area contributed by atoms with Crippen LogP contribution in [0.3, 0.4) is 0 Å². The highest BCUT2D eigenvalue weighted by molar-refractivity contribution is 5.95. The number of ether oxygens (including phenoxy) is 2. The molecule has 5 nitrogen and oxygen atoms in total. The minimum Gasteiger partial charge on any atom is -0.469 e. The van der Waals surface area contributed by atoms with Gasteiger partial charge in [0, 0.05) is 5.69 Å². The van der Waals surface area contributed by atoms with E-state index < -0.39 is 5.97 Å². The summed E-state index contributed by atoms with van der Waals surface area (Å²) in [5.41, 5.74) is 7.34. The molecule has 0 aliphatic heterocycles. The molecular formula is C15H21NO4. The van der Waals surface area contributed by atoms with E-state index in [-0.39, 0.29) is 24.4 Å². The molecule has 0 spiro atoms. The number of nitrogen functional groups attached to an aromatic ring is 1. The van der Waals surface area contributed by atoms with Gasteiger partial charge in [-0.15, -0.1) is 0 Å².